The van der Waals surface area contributed by atoms with E-state index < -0.39 is 16.0 Å². The molecule has 2 rings (SSSR count). The highest BCUT2D eigenvalue weighted by Crippen LogP contribution is 2.31. The Morgan fingerprint density at radius 1 is 1.43 bits per heavy atom. The minimum Gasteiger partial charge on any atom is -0.465 e. The Morgan fingerprint density at radius 2 is 2.14 bits per heavy atom. The second kappa shape index (κ2) is 6.68. The van der Waals surface area contributed by atoms with Gasteiger partial charge >= 0.3 is 5.97 Å². The molecule has 8 heteroatoms. The van der Waals surface area contributed by atoms with Crippen molar-refractivity contribution < 1.29 is 17.9 Å². The zero-order valence-electron chi connectivity index (χ0n) is 12.3. The van der Waals surface area contributed by atoms with Gasteiger partial charge in [-0.1, -0.05) is 6.92 Å². The summed E-state index contributed by atoms with van der Waals surface area (Å²) in [6.45, 7) is 4.79. The number of methoxy groups -OCH3 is 1. The Bertz CT molecular complexity index is 623. The molecule has 1 saturated heterocycles. The molecular weight excluding hydrogens is 330 g/mol. The number of nitrogens with zero attached hydrogens (tertiary/aromatic N) is 1. The van der Waals surface area contributed by atoms with Crippen molar-refractivity contribution in [2.24, 2.45) is 0 Å². The van der Waals surface area contributed by atoms with Gasteiger partial charge in [0.1, 0.15) is 9.77 Å². The molecule has 2 heterocycles. The largest absolute Gasteiger partial charge is 0.465 e. The van der Waals surface area contributed by atoms with Gasteiger partial charge in [0, 0.05) is 24.1 Å². The highest BCUT2D eigenvalue weighted by molar-refractivity contribution is 8.00. The van der Waals surface area contributed by atoms with E-state index in [9.17, 15) is 13.2 Å². The van der Waals surface area contributed by atoms with Crippen LogP contribution in [0.15, 0.2) is 10.3 Å². The van der Waals surface area contributed by atoms with E-state index in [-0.39, 0.29) is 9.77 Å². The maximum absolute atomic E-state index is 12.9. The highest BCUT2D eigenvalue weighted by atomic mass is 32.2. The third-order valence-electron chi connectivity index (χ3n) is 3.41. The Labute approximate surface area is 133 Å². The van der Waals surface area contributed by atoms with Crippen LogP contribution in [0.5, 0.6) is 0 Å². The second-order valence-corrected chi connectivity index (χ2v) is 9.24. The number of carbonyl (C=O) groups is 1. The van der Waals surface area contributed by atoms with Crippen LogP contribution in [0.25, 0.3) is 0 Å². The van der Waals surface area contributed by atoms with Crippen molar-refractivity contribution in [1.82, 2.24) is 4.31 Å². The minimum absolute atomic E-state index is 0.110. The highest BCUT2D eigenvalue weighted by Gasteiger charge is 2.33. The molecule has 1 aliphatic rings. The van der Waals surface area contributed by atoms with Gasteiger partial charge in [-0.05, 0) is 24.3 Å². The number of carbonyl (C=O) groups excluding carboxylic acids is 1. The van der Waals surface area contributed by atoms with Crippen molar-refractivity contribution in [2.75, 3.05) is 26.0 Å². The van der Waals surface area contributed by atoms with Crippen molar-refractivity contribution >= 4 is 39.1 Å². The molecule has 0 aromatic carbocycles. The first-order chi connectivity index (χ1) is 9.87. The summed E-state index contributed by atoms with van der Waals surface area (Å²) < 4.78 is 32.0. The second-order valence-electron chi connectivity index (χ2n) is 4.94. The lowest BCUT2D eigenvalue weighted by molar-refractivity contribution is 0.0602. The summed E-state index contributed by atoms with van der Waals surface area (Å²) in [6, 6.07) is 0. The smallest absolute Gasteiger partial charge is 0.349 e. The number of thioether (sulfide) groups is 1. The SMILES string of the molecule is COC(=O)c1scc(C)c1S(=O)(=O)N1CCS[C@@H](C)CC1. The van der Waals surface area contributed by atoms with Crippen LogP contribution in [0.4, 0.5) is 0 Å². The molecule has 1 aromatic rings. The fraction of sp³-hybridized carbons (Fsp3) is 0.615. The first-order valence-electron chi connectivity index (χ1n) is 6.66. The molecule has 1 atom stereocenters. The predicted molar refractivity (Wildman–Crippen MR) is 85.7 cm³/mol. The fourth-order valence-electron chi connectivity index (χ4n) is 2.23. The molecule has 1 aliphatic heterocycles. The van der Waals surface area contributed by atoms with E-state index in [0.29, 0.717) is 23.9 Å². The predicted octanol–water partition coefficient (Wildman–Crippen LogP) is 2.36. The number of rotatable bonds is 3. The van der Waals surface area contributed by atoms with Crippen LogP contribution < -0.4 is 0 Å². The van der Waals surface area contributed by atoms with Gasteiger partial charge in [0.2, 0.25) is 10.0 Å². The summed E-state index contributed by atoms with van der Waals surface area (Å²) in [6.07, 6.45) is 0.820. The lowest BCUT2D eigenvalue weighted by atomic mass is 10.3. The number of ether oxygens (including phenoxy) is 1. The van der Waals surface area contributed by atoms with E-state index in [1.165, 1.54) is 11.4 Å². The zero-order chi connectivity index (χ0) is 15.6. The van der Waals surface area contributed by atoms with Gasteiger partial charge in [-0.3, -0.25) is 0 Å². The topological polar surface area (TPSA) is 63.7 Å². The van der Waals surface area contributed by atoms with Crippen LogP contribution in [-0.2, 0) is 14.8 Å². The molecule has 1 fully saturated rings. The lowest BCUT2D eigenvalue weighted by Gasteiger charge is -2.20. The van der Waals surface area contributed by atoms with Gasteiger partial charge in [-0.15, -0.1) is 11.3 Å². The molecule has 0 amide bonds. The quantitative estimate of drug-likeness (QED) is 0.784. The van der Waals surface area contributed by atoms with Gasteiger partial charge in [0.25, 0.3) is 0 Å². The van der Waals surface area contributed by atoms with Gasteiger partial charge in [-0.2, -0.15) is 16.1 Å². The van der Waals surface area contributed by atoms with Crippen molar-refractivity contribution in [3.63, 3.8) is 0 Å². The summed E-state index contributed by atoms with van der Waals surface area (Å²) >= 11 is 2.90. The minimum atomic E-state index is -3.65. The molecular formula is C13H19NO4S3. The summed E-state index contributed by atoms with van der Waals surface area (Å²) in [5, 5.41) is 2.14. The van der Waals surface area contributed by atoms with E-state index in [4.69, 9.17) is 4.74 Å². The standard InChI is InChI=1S/C13H19NO4S3/c1-9-8-20-11(13(15)18-3)12(9)21(16,17)14-5-4-10(2)19-7-6-14/h8,10H,4-7H2,1-3H3/t10-/m0/s1. The Balaban J connectivity index is 2.40. The number of hydrogen-bond acceptors (Lipinski definition) is 6. The Morgan fingerprint density at radius 3 is 2.81 bits per heavy atom. The molecule has 0 bridgehead atoms. The van der Waals surface area contributed by atoms with E-state index in [2.05, 4.69) is 6.92 Å². The third-order valence-corrected chi connectivity index (χ3v) is 7.93. The van der Waals surface area contributed by atoms with E-state index in [1.807, 2.05) is 0 Å². The molecule has 1 aromatic heterocycles. The summed E-state index contributed by atoms with van der Waals surface area (Å²) in [5.41, 5.74) is 0.602. The van der Waals surface area contributed by atoms with Crippen molar-refractivity contribution in [3.8, 4) is 0 Å². The van der Waals surface area contributed by atoms with Crippen LogP contribution in [0.2, 0.25) is 0 Å². The van der Waals surface area contributed by atoms with Crippen molar-refractivity contribution in [3.05, 3.63) is 15.8 Å². The van der Waals surface area contributed by atoms with Crippen LogP contribution in [0.1, 0.15) is 28.6 Å². The summed E-state index contributed by atoms with van der Waals surface area (Å²) in [4.78, 5) is 12.1. The van der Waals surface area contributed by atoms with E-state index >= 15 is 0 Å². The van der Waals surface area contributed by atoms with Crippen molar-refractivity contribution in [1.29, 1.82) is 0 Å². The Hall–Kier alpha value is -0.570. The molecule has 0 unspecified atom stereocenters. The molecule has 5 nitrogen and oxygen atoms in total. The molecule has 118 valence electrons. The lowest BCUT2D eigenvalue weighted by Crippen LogP contribution is -2.34. The first-order valence-corrected chi connectivity index (χ1v) is 10.0. The van der Waals surface area contributed by atoms with Crippen LogP contribution in [0.3, 0.4) is 0 Å². The maximum Gasteiger partial charge on any atom is 0.349 e. The summed E-state index contributed by atoms with van der Waals surface area (Å²) in [5.74, 6) is 0.182. The maximum atomic E-state index is 12.9. The normalized spacial score (nSPS) is 21.0. The molecule has 0 aliphatic carbocycles. The fourth-order valence-corrected chi connectivity index (χ4v) is 6.46. The monoisotopic (exact) mass is 349 g/mol. The van der Waals surface area contributed by atoms with Crippen LogP contribution in [0, 0.1) is 6.92 Å². The van der Waals surface area contributed by atoms with Gasteiger partial charge in [-0.25, -0.2) is 13.2 Å². The van der Waals surface area contributed by atoms with Crippen LogP contribution >= 0.6 is 23.1 Å². The van der Waals surface area contributed by atoms with E-state index in [0.717, 1.165) is 23.5 Å². The van der Waals surface area contributed by atoms with Gasteiger partial charge in [0.05, 0.1) is 7.11 Å². The molecule has 21 heavy (non-hydrogen) atoms. The molecule has 0 N–H and O–H groups in total. The van der Waals surface area contributed by atoms with Gasteiger partial charge in [0.15, 0.2) is 0 Å². The average Bonchev–Trinajstić information content (AvgIpc) is 2.69. The number of thiophene rings is 1. The number of sulfonamides is 1. The van der Waals surface area contributed by atoms with Crippen LogP contribution in [-0.4, -0.2) is 49.9 Å². The summed E-state index contributed by atoms with van der Waals surface area (Å²) in [7, 11) is -2.39. The first kappa shape index (κ1) is 16.8. The average molecular weight is 349 g/mol. The number of aryl methyl sites for hydroxylation is 1. The number of hydrogen-bond donors (Lipinski definition) is 0. The van der Waals surface area contributed by atoms with Gasteiger partial charge < -0.3 is 4.74 Å². The molecule has 0 saturated carbocycles. The van der Waals surface area contributed by atoms with Crippen molar-refractivity contribution in [2.45, 2.75) is 30.4 Å². The zero-order valence-corrected chi connectivity index (χ0v) is 14.7. The molecule has 0 radical (unpaired) electrons. The molecule has 0 spiro atoms. The van der Waals surface area contributed by atoms with E-state index in [1.54, 1.807) is 24.1 Å². The number of esters is 1. The Kier molecular flexibility index (Phi) is 5.34. The third kappa shape index (κ3) is 3.44.